The Morgan fingerprint density at radius 3 is 2.26 bits per heavy atom. The number of nitriles is 1. The van der Waals surface area contributed by atoms with Crippen LogP contribution in [0.4, 0.5) is 0 Å². The Morgan fingerprint density at radius 1 is 1.22 bits per heavy atom. The second kappa shape index (κ2) is 7.96. The van der Waals surface area contributed by atoms with Crippen molar-refractivity contribution in [3.05, 3.63) is 46.8 Å². The van der Waals surface area contributed by atoms with E-state index in [-0.39, 0.29) is 11.3 Å². The highest BCUT2D eigenvalue weighted by Gasteiger charge is 2.27. The van der Waals surface area contributed by atoms with Crippen LogP contribution in [-0.2, 0) is 6.42 Å². The highest BCUT2D eigenvalue weighted by molar-refractivity contribution is 5.90. The lowest BCUT2D eigenvalue weighted by atomic mass is 9.83. The fraction of sp³-hybridized carbons (Fsp3) is 0.500. The van der Waals surface area contributed by atoms with Crippen LogP contribution in [0.2, 0.25) is 0 Å². The topological polar surface area (TPSA) is 78.9 Å². The Labute approximate surface area is 161 Å². The minimum atomic E-state index is -0.934. The minimum absolute atomic E-state index is 0.00548. The predicted octanol–water partition coefficient (Wildman–Crippen LogP) is 5.18. The van der Waals surface area contributed by atoms with Crippen molar-refractivity contribution in [2.75, 3.05) is 0 Å². The molecule has 1 atom stereocenters. The van der Waals surface area contributed by atoms with Crippen LogP contribution in [0.5, 0.6) is 0 Å². The third-order valence-electron chi connectivity index (χ3n) is 4.50. The van der Waals surface area contributed by atoms with Gasteiger partial charge in [0.1, 0.15) is 5.56 Å². The Bertz CT molecular complexity index is 849. The van der Waals surface area contributed by atoms with Crippen molar-refractivity contribution < 1.29 is 9.90 Å². The zero-order valence-corrected chi connectivity index (χ0v) is 17.1. The molecule has 5 heteroatoms. The number of carboxylic acids is 1. The van der Waals surface area contributed by atoms with Crippen molar-refractivity contribution in [1.82, 2.24) is 9.78 Å². The number of nitrogens with zero attached hydrogens (tertiary/aromatic N) is 3. The maximum Gasteiger partial charge on any atom is 0.339 e. The van der Waals surface area contributed by atoms with Gasteiger partial charge in [-0.1, -0.05) is 41.5 Å². The molecule has 0 radical (unpaired) electrons. The lowest BCUT2D eigenvalue weighted by molar-refractivity contribution is 0.0693. The molecule has 0 saturated carbocycles. The second-order valence-corrected chi connectivity index (χ2v) is 8.81. The van der Waals surface area contributed by atoms with Gasteiger partial charge in [-0.3, -0.25) is 0 Å². The van der Waals surface area contributed by atoms with Crippen LogP contribution in [0.3, 0.4) is 0 Å². The molecule has 1 aromatic carbocycles. The van der Waals surface area contributed by atoms with Gasteiger partial charge in [-0.05, 0) is 54.4 Å². The van der Waals surface area contributed by atoms with Crippen molar-refractivity contribution in [3.8, 4) is 11.8 Å². The van der Waals surface area contributed by atoms with Gasteiger partial charge in [0.2, 0.25) is 0 Å². The number of benzene rings is 1. The van der Waals surface area contributed by atoms with E-state index in [9.17, 15) is 9.90 Å². The summed E-state index contributed by atoms with van der Waals surface area (Å²) in [5.74, 6) is -0.602. The van der Waals surface area contributed by atoms with E-state index in [1.54, 1.807) is 16.8 Å². The number of carboxylic acid groups (broad SMARTS) is 1. The first-order valence-corrected chi connectivity index (χ1v) is 9.39. The molecule has 5 nitrogen and oxygen atoms in total. The summed E-state index contributed by atoms with van der Waals surface area (Å²) in [6.45, 7) is 12.7. The van der Waals surface area contributed by atoms with Gasteiger partial charge in [-0.25, -0.2) is 9.48 Å². The molecular formula is C22H29N3O2. The molecule has 2 aromatic rings. The average Bonchev–Trinajstić information content (AvgIpc) is 2.92. The van der Waals surface area contributed by atoms with Crippen LogP contribution in [0.25, 0.3) is 5.69 Å². The Kier molecular flexibility index (Phi) is 6.10. The lowest BCUT2D eigenvalue weighted by Crippen LogP contribution is -2.14. The fourth-order valence-corrected chi connectivity index (χ4v) is 3.71. The van der Waals surface area contributed by atoms with E-state index in [2.05, 4.69) is 33.8 Å². The Balaban J connectivity index is 2.54. The van der Waals surface area contributed by atoms with Gasteiger partial charge in [0, 0.05) is 0 Å². The molecule has 0 aliphatic heterocycles. The first kappa shape index (κ1) is 20.7. The van der Waals surface area contributed by atoms with Crippen LogP contribution < -0.4 is 0 Å². The van der Waals surface area contributed by atoms with E-state index in [1.807, 2.05) is 26.0 Å². The van der Waals surface area contributed by atoms with Gasteiger partial charge in [0.05, 0.1) is 28.7 Å². The molecule has 0 spiro atoms. The quantitative estimate of drug-likeness (QED) is 0.763. The van der Waals surface area contributed by atoms with Gasteiger partial charge in [0.15, 0.2) is 0 Å². The number of carbonyl (C=O) groups is 1. The molecule has 0 saturated heterocycles. The number of rotatable bonds is 6. The zero-order chi connectivity index (χ0) is 20.4. The monoisotopic (exact) mass is 367 g/mol. The van der Waals surface area contributed by atoms with Gasteiger partial charge < -0.3 is 5.11 Å². The molecule has 0 bridgehead atoms. The van der Waals surface area contributed by atoms with E-state index in [1.165, 1.54) is 0 Å². The van der Waals surface area contributed by atoms with Crippen LogP contribution in [-0.4, -0.2) is 20.9 Å². The van der Waals surface area contributed by atoms with E-state index < -0.39 is 5.97 Å². The molecular weight excluding hydrogens is 338 g/mol. The van der Waals surface area contributed by atoms with Gasteiger partial charge in [-0.2, -0.15) is 10.4 Å². The van der Waals surface area contributed by atoms with Gasteiger partial charge in [-0.15, -0.1) is 0 Å². The van der Waals surface area contributed by atoms with E-state index in [0.29, 0.717) is 34.9 Å². The number of hydrogen-bond acceptors (Lipinski definition) is 3. The molecule has 0 aliphatic carbocycles. The van der Waals surface area contributed by atoms with Crippen molar-refractivity contribution in [3.63, 3.8) is 0 Å². The number of aromatic carboxylic acids is 1. The first-order valence-electron chi connectivity index (χ1n) is 9.39. The van der Waals surface area contributed by atoms with Crippen molar-refractivity contribution in [2.24, 2.45) is 11.3 Å². The summed E-state index contributed by atoms with van der Waals surface area (Å²) in [5.41, 5.74) is 3.16. The van der Waals surface area contributed by atoms with E-state index >= 15 is 0 Å². The summed E-state index contributed by atoms with van der Waals surface area (Å²) in [6.07, 6.45) is 1.62. The van der Waals surface area contributed by atoms with Gasteiger partial charge in [0.25, 0.3) is 0 Å². The summed E-state index contributed by atoms with van der Waals surface area (Å²) < 4.78 is 1.73. The van der Waals surface area contributed by atoms with Crippen LogP contribution in [0.1, 0.15) is 81.2 Å². The third-order valence-corrected chi connectivity index (χ3v) is 4.50. The second-order valence-electron chi connectivity index (χ2n) is 8.81. The highest BCUT2D eigenvalue weighted by Crippen LogP contribution is 2.31. The Hall–Kier alpha value is -2.61. The van der Waals surface area contributed by atoms with Crippen molar-refractivity contribution in [2.45, 2.75) is 60.3 Å². The maximum atomic E-state index is 12.1. The molecule has 144 valence electrons. The number of aromatic nitrogens is 2. The van der Waals surface area contributed by atoms with Crippen LogP contribution in [0, 0.1) is 22.7 Å². The fourth-order valence-electron chi connectivity index (χ4n) is 3.71. The summed E-state index contributed by atoms with van der Waals surface area (Å²) in [7, 11) is 0. The zero-order valence-electron chi connectivity index (χ0n) is 17.1. The molecule has 1 N–H and O–H groups in total. The van der Waals surface area contributed by atoms with Crippen LogP contribution in [0.15, 0.2) is 24.3 Å². The SMILES string of the molecule is CC(Cc1nn(-c2ccc(C#N)cc2)c(C(C)C)c1C(=O)O)CC(C)(C)C. The lowest BCUT2D eigenvalue weighted by Gasteiger charge is -2.22. The molecule has 0 fully saturated rings. The van der Waals surface area contributed by atoms with E-state index in [0.717, 1.165) is 12.1 Å². The number of hydrogen-bond donors (Lipinski definition) is 1. The van der Waals surface area contributed by atoms with Crippen molar-refractivity contribution in [1.29, 1.82) is 5.26 Å². The molecule has 2 rings (SSSR count). The smallest absolute Gasteiger partial charge is 0.339 e. The predicted molar refractivity (Wildman–Crippen MR) is 106 cm³/mol. The third kappa shape index (κ3) is 4.97. The first-order chi connectivity index (χ1) is 12.5. The molecule has 0 aliphatic rings. The molecule has 1 aromatic heterocycles. The minimum Gasteiger partial charge on any atom is -0.478 e. The molecule has 0 amide bonds. The Morgan fingerprint density at radius 2 is 1.81 bits per heavy atom. The molecule has 1 heterocycles. The summed E-state index contributed by atoms with van der Waals surface area (Å²) in [5, 5.41) is 23.6. The highest BCUT2D eigenvalue weighted by atomic mass is 16.4. The maximum absolute atomic E-state index is 12.1. The summed E-state index contributed by atoms with van der Waals surface area (Å²) in [4.78, 5) is 12.1. The largest absolute Gasteiger partial charge is 0.478 e. The molecule has 1 unspecified atom stereocenters. The van der Waals surface area contributed by atoms with Crippen molar-refractivity contribution >= 4 is 5.97 Å². The molecule has 27 heavy (non-hydrogen) atoms. The summed E-state index contributed by atoms with van der Waals surface area (Å²) >= 11 is 0. The average molecular weight is 367 g/mol. The standard InChI is InChI=1S/C22H29N3O2/c1-14(2)20-19(21(26)27)18(11-15(3)12-22(4,5)6)24-25(20)17-9-7-16(13-23)8-10-17/h7-10,14-15H,11-12H2,1-6H3,(H,26,27). The van der Waals surface area contributed by atoms with E-state index in [4.69, 9.17) is 10.4 Å². The normalized spacial score (nSPS) is 12.8. The van der Waals surface area contributed by atoms with Crippen LogP contribution >= 0.6 is 0 Å². The summed E-state index contributed by atoms with van der Waals surface area (Å²) in [6, 6.07) is 9.18. The van der Waals surface area contributed by atoms with Gasteiger partial charge >= 0.3 is 5.97 Å².